The van der Waals surface area contributed by atoms with Crippen molar-refractivity contribution >= 4 is 15.9 Å². The van der Waals surface area contributed by atoms with Crippen LogP contribution in [-0.2, 0) is 4.74 Å². The molecule has 1 rings (SSSR count). The number of aromatic nitrogens is 1. The first-order valence-corrected chi connectivity index (χ1v) is 4.88. The number of hydrogen-bond acceptors (Lipinski definition) is 4. The lowest BCUT2D eigenvalue weighted by atomic mass is 10.4. The highest BCUT2D eigenvalue weighted by molar-refractivity contribution is 9.10. The third-order valence-corrected chi connectivity index (χ3v) is 1.96. The Balaban J connectivity index is 2.65. The van der Waals surface area contributed by atoms with E-state index in [9.17, 15) is 0 Å². The van der Waals surface area contributed by atoms with Crippen LogP contribution in [0.1, 0.15) is 0 Å². The van der Waals surface area contributed by atoms with Crippen LogP contribution >= 0.6 is 15.9 Å². The lowest BCUT2D eigenvalue weighted by molar-refractivity contribution is 0.141. The van der Waals surface area contributed by atoms with E-state index in [4.69, 9.17) is 14.2 Å². The van der Waals surface area contributed by atoms with Crippen LogP contribution in [0.15, 0.2) is 16.7 Å². The highest BCUT2D eigenvalue weighted by atomic mass is 79.9. The highest BCUT2D eigenvalue weighted by Gasteiger charge is 2.05. The topological polar surface area (TPSA) is 40.6 Å². The van der Waals surface area contributed by atoms with Gasteiger partial charge in [0.2, 0.25) is 0 Å². The second-order valence-corrected chi connectivity index (χ2v) is 3.42. The number of pyridine rings is 1. The predicted octanol–water partition coefficient (Wildman–Crippen LogP) is 1.88. The Bertz CT molecular complexity index is 293. The van der Waals surface area contributed by atoms with Crippen molar-refractivity contribution in [3.8, 4) is 11.6 Å². The zero-order valence-corrected chi connectivity index (χ0v) is 9.70. The Morgan fingerprint density at radius 3 is 2.79 bits per heavy atom. The number of halogens is 1. The average molecular weight is 262 g/mol. The van der Waals surface area contributed by atoms with E-state index in [1.54, 1.807) is 26.5 Å². The second kappa shape index (κ2) is 5.82. The third kappa shape index (κ3) is 3.16. The van der Waals surface area contributed by atoms with Crippen LogP contribution in [0.25, 0.3) is 0 Å². The van der Waals surface area contributed by atoms with Crippen LogP contribution in [0, 0.1) is 0 Å². The van der Waals surface area contributed by atoms with Crippen LogP contribution in [-0.4, -0.2) is 32.4 Å². The highest BCUT2D eigenvalue weighted by Crippen LogP contribution is 2.26. The van der Waals surface area contributed by atoms with Crippen LogP contribution < -0.4 is 9.47 Å². The summed E-state index contributed by atoms with van der Waals surface area (Å²) < 4.78 is 16.2. The van der Waals surface area contributed by atoms with Crippen molar-refractivity contribution in [3.63, 3.8) is 0 Å². The van der Waals surface area contributed by atoms with Crippen LogP contribution in [0.4, 0.5) is 0 Å². The zero-order valence-electron chi connectivity index (χ0n) is 8.12. The summed E-state index contributed by atoms with van der Waals surface area (Å²) in [6.07, 6.45) is 1.66. The molecule has 0 fully saturated rings. The van der Waals surface area contributed by atoms with Crippen molar-refractivity contribution in [2.24, 2.45) is 0 Å². The van der Waals surface area contributed by atoms with E-state index >= 15 is 0 Å². The molecule has 0 bridgehead atoms. The van der Waals surface area contributed by atoms with Gasteiger partial charge in [0.25, 0.3) is 5.88 Å². The van der Waals surface area contributed by atoms with E-state index in [0.717, 1.165) is 4.47 Å². The van der Waals surface area contributed by atoms with Crippen molar-refractivity contribution < 1.29 is 14.2 Å². The van der Waals surface area contributed by atoms with Gasteiger partial charge < -0.3 is 14.2 Å². The van der Waals surface area contributed by atoms with Gasteiger partial charge in [0.05, 0.1) is 13.7 Å². The first kappa shape index (κ1) is 11.3. The first-order chi connectivity index (χ1) is 6.77. The van der Waals surface area contributed by atoms with E-state index in [2.05, 4.69) is 20.9 Å². The van der Waals surface area contributed by atoms with Gasteiger partial charge in [0.1, 0.15) is 6.61 Å². The normalized spacial score (nSPS) is 9.93. The summed E-state index contributed by atoms with van der Waals surface area (Å²) >= 11 is 3.30. The smallest absolute Gasteiger partial charge is 0.257 e. The molecule has 78 valence electrons. The van der Waals surface area contributed by atoms with E-state index in [-0.39, 0.29) is 0 Å². The SMILES string of the molecule is COCCOc1ncc(Br)cc1OC. The molecule has 1 aromatic heterocycles. The van der Waals surface area contributed by atoms with Gasteiger partial charge in [-0.1, -0.05) is 0 Å². The van der Waals surface area contributed by atoms with E-state index in [1.165, 1.54) is 0 Å². The van der Waals surface area contributed by atoms with Crippen LogP contribution in [0.2, 0.25) is 0 Å². The molecule has 0 aliphatic heterocycles. The molecule has 0 unspecified atom stereocenters. The fourth-order valence-corrected chi connectivity index (χ4v) is 1.19. The molecule has 0 N–H and O–H groups in total. The van der Waals surface area contributed by atoms with Crippen molar-refractivity contribution in [3.05, 3.63) is 16.7 Å². The fraction of sp³-hybridized carbons (Fsp3) is 0.444. The predicted molar refractivity (Wildman–Crippen MR) is 55.9 cm³/mol. The Kier molecular flexibility index (Phi) is 4.69. The number of hydrogen-bond donors (Lipinski definition) is 0. The molecule has 0 aliphatic rings. The Morgan fingerprint density at radius 1 is 1.36 bits per heavy atom. The quantitative estimate of drug-likeness (QED) is 0.759. The largest absolute Gasteiger partial charge is 0.491 e. The Labute approximate surface area is 91.3 Å². The number of nitrogens with zero attached hydrogens (tertiary/aromatic N) is 1. The van der Waals surface area contributed by atoms with Crippen molar-refractivity contribution in [1.29, 1.82) is 0 Å². The van der Waals surface area contributed by atoms with Crippen molar-refractivity contribution in [2.75, 3.05) is 27.4 Å². The molecule has 4 nitrogen and oxygen atoms in total. The molecule has 0 spiro atoms. The van der Waals surface area contributed by atoms with Gasteiger partial charge in [0.15, 0.2) is 5.75 Å². The van der Waals surface area contributed by atoms with Gasteiger partial charge in [-0.05, 0) is 15.9 Å². The first-order valence-electron chi connectivity index (χ1n) is 4.09. The minimum atomic E-state index is 0.460. The van der Waals surface area contributed by atoms with Gasteiger partial charge in [-0.25, -0.2) is 4.98 Å². The molecule has 0 saturated heterocycles. The molecule has 1 aromatic rings. The van der Waals surface area contributed by atoms with E-state index in [0.29, 0.717) is 24.8 Å². The lowest BCUT2D eigenvalue weighted by Crippen LogP contribution is -2.06. The summed E-state index contributed by atoms with van der Waals surface area (Å²) in [5, 5.41) is 0. The summed E-state index contributed by atoms with van der Waals surface area (Å²) in [5.41, 5.74) is 0. The molecule has 0 atom stereocenters. The second-order valence-electron chi connectivity index (χ2n) is 2.50. The monoisotopic (exact) mass is 261 g/mol. The zero-order chi connectivity index (χ0) is 10.4. The fourth-order valence-electron chi connectivity index (χ4n) is 0.884. The number of ether oxygens (including phenoxy) is 3. The van der Waals surface area contributed by atoms with E-state index < -0.39 is 0 Å². The van der Waals surface area contributed by atoms with Gasteiger partial charge in [0, 0.05) is 23.8 Å². The van der Waals surface area contributed by atoms with Gasteiger partial charge in [-0.15, -0.1) is 0 Å². The molecule has 0 amide bonds. The van der Waals surface area contributed by atoms with Gasteiger partial charge in [-0.3, -0.25) is 0 Å². The maximum atomic E-state index is 5.34. The maximum Gasteiger partial charge on any atom is 0.257 e. The molecular weight excluding hydrogens is 250 g/mol. The molecule has 0 saturated carbocycles. The van der Waals surface area contributed by atoms with Gasteiger partial charge >= 0.3 is 0 Å². The standard InChI is InChI=1S/C9H12BrNO3/c1-12-3-4-14-9-8(13-2)5-7(10)6-11-9/h5-6H,3-4H2,1-2H3. The third-order valence-electron chi connectivity index (χ3n) is 1.53. The minimum absolute atomic E-state index is 0.460. The molecule has 1 heterocycles. The summed E-state index contributed by atoms with van der Waals surface area (Å²) in [6, 6.07) is 1.80. The molecule has 0 radical (unpaired) electrons. The van der Waals surface area contributed by atoms with Crippen LogP contribution in [0.5, 0.6) is 11.6 Å². The van der Waals surface area contributed by atoms with Gasteiger partial charge in [-0.2, -0.15) is 0 Å². The van der Waals surface area contributed by atoms with Crippen molar-refractivity contribution in [2.45, 2.75) is 0 Å². The molecule has 14 heavy (non-hydrogen) atoms. The Morgan fingerprint density at radius 2 is 2.14 bits per heavy atom. The summed E-state index contributed by atoms with van der Waals surface area (Å²) in [6.45, 7) is 0.988. The van der Waals surface area contributed by atoms with Crippen molar-refractivity contribution in [1.82, 2.24) is 4.98 Å². The summed E-state index contributed by atoms with van der Waals surface area (Å²) in [5.74, 6) is 1.09. The van der Waals surface area contributed by atoms with Crippen LogP contribution in [0.3, 0.4) is 0 Å². The lowest BCUT2D eigenvalue weighted by Gasteiger charge is -2.08. The molecule has 0 aromatic carbocycles. The number of rotatable bonds is 5. The summed E-state index contributed by atoms with van der Waals surface area (Å²) in [7, 11) is 3.20. The number of methoxy groups -OCH3 is 2. The molecule has 0 aliphatic carbocycles. The molecule has 5 heteroatoms. The molecular formula is C9H12BrNO3. The summed E-state index contributed by atoms with van der Waals surface area (Å²) in [4.78, 5) is 4.07. The minimum Gasteiger partial charge on any atom is -0.491 e. The average Bonchev–Trinajstić information content (AvgIpc) is 2.20. The maximum absolute atomic E-state index is 5.34. The Hall–Kier alpha value is -0.810. The van der Waals surface area contributed by atoms with E-state index in [1.807, 2.05) is 0 Å².